The number of pyridine rings is 1. The van der Waals surface area contributed by atoms with Crippen LogP contribution in [0.25, 0.3) is 10.8 Å². The van der Waals surface area contributed by atoms with E-state index in [0.29, 0.717) is 0 Å². The van der Waals surface area contributed by atoms with Crippen molar-refractivity contribution in [3.8, 4) is 0 Å². The summed E-state index contributed by atoms with van der Waals surface area (Å²) in [7, 11) is 0. The fourth-order valence-corrected chi connectivity index (χ4v) is 2.20. The van der Waals surface area contributed by atoms with E-state index in [4.69, 9.17) is 0 Å². The molecule has 0 aliphatic carbocycles. The zero-order valence-electron chi connectivity index (χ0n) is 10.9. The van der Waals surface area contributed by atoms with Gasteiger partial charge in [0.05, 0.1) is 0 Å². The van der Waals surface area contributed by atoms with Crippen LogP contribution < -0.4 is 5.32 Å². The maximum atomic E-state index is 4.13. The van der Waals surface area contributed by atoms with Crippen LogP contribution >= 0.6 is 0 Å². The number of nitrogens with zero attached hydrogens (tertiary/aromatic N) is 1. The van der Waals surface area contributed by atoms with Gasteiger partial charge in [-0.05, 0) is 41.6 Å². The maximum absolute atomic E-state index is 4.13. The van der Waals surface area contributed by atoms with Gasteiger partial charge in [-0.15, -0.1) is 0 Å². The minimum absolute atomic E-state index is 0.850. The van der Waals surface area contributed by atoms with Crippen LogP contribution in [0.4, 0.5) is 5.69 Å². The van der Waals surface area contributed by atoms with Crippen LogP contribution in [0.1, 0.15) is 11.1 Å². The normalized spacial score (nSPS) is 10.6. The van der Waals surface area contributed by atoms with Crippen LogP contribution in [0.5, 0.6) is 0 Å². The van der Waals surface area contributed by atoms with Crippen LogP contribution in [0, 0.1) is 6.92 Å². The smallest absolute Gasteiger partial charge is 0.0403 e. The number of anilines is 1. The first-order valence-electron chi connectivity index (χ1n) is 6.45. The average Bonchev–Trinajstić information content (AvgIpc) is 2.46. The molecule has 2 aromatic carbocycles. The molecule has 1 heterocycles. The quantitative estimate of drug-likeness (QED) is 0.753. The fraction of sp³-hybridized carbons (Fsp3) is 0.118. The zero-order chi connectivity index (χ0) is 13.1. The molecule has 2 heteroatoms. The van der Waals surface area contributed by atoms with Crippen LogP contribution in [0.15, 0.2) is 60.9 Å². The van der Waals surface area contributed by atoms with Crippen molar-refractivity contribution in [3.63, 3.8) is 0 Å². The third-order valence-corrected chi connectivity index (χ3v) is 3.38. The molecule has 0 radical (unpaired) electrons. The standard InChI is InChI=1S/C17H16N2/c1-13-4-2-3-5-15(13)12-19-17-7-6-16-11-18-9-8-14(16)10-17/h2-11,19H,12H2,1H3. The van der Waals surface area contributed by atoms with E-state index in [1.165, 1.54) is 21.9 Å². The van der Waals surface area contributed by atoms with E-state index in [1.807, 2.05) is 18.5 Å². The number of rotatable bonds is 3. The summed E-state index contributed by atoms with van der Waals surface area (Å²) in [6.07, 6.45) is 3.72. The van der Waals surface area contributed by atoms with Gasteiger partial charge in [0.25, 0.3) is 0 Å². The van der Waals surface area contributed by atoms with Crippen LogP contribution in [-0.2, 0) is 6.54 Å². The number of hydrogen-bond donors (Lipinski definition) is 1. The van der Waals surface area contributed by atoms with Gasteiger partial charge < -0.3 is 5.32 Å². The van der Waals surface area contributed by atoms with E-state index in [0.717, 1.165) is 12.2 Å². The molecule has 0 fully saturated rings. The van der Waals surface area contributed by atoms with E-state index in [9.17, 15) is 0 Å². The molecule has 3 rings (SSSR count). The Morgan fingerprint density at radius 1 is 1.00 bits per heavy atom. The number of aryl methyl sites for hydroxylation is 1. The summed E-state index contributed by atoms with van der Waals surface area (Å²) >= 11 is 0. The summed E-state index contributed by atoms with van der Waals surface area (Å²) in [5.41, 5.74) is 3.79. The number of nitrogens with one attached hydrogen (secondary N) is 1. The molecular weight excluding hydrogens is 232 g/mol. The van der Waals surface area contributed by atoms with Crippen molar-refractivity contribution in [1.82, 2.24) is 4.98 Å². The van der Waals surface area contributed by atoms with Gasteiger partial charge in [0, 0.05) is 30.0 Å². The minimum atomic E-state index is 0.850. The highest BCUT2D eigenvalue weighted by Gasteiger charge is 1.99. The molecule has 0 amide bonds. The molecule has 2 nitrogen and oxygen atoms in total. The van der Waals surface area contributed by atoms with E-state index in [1.54, 1.807) is 0 Å². The lowest BCUT2D eigenvalue weighted by molar-refractivity contribution is 1.12. The summed E-state index contributed by atoms with van der Waals surface area (Å²) in [6, 6.07) is 16.8. The molecule has 0 atom stereocenters. The molecule has 0 saturated heterocycles. The summed E-state index contributed by atoms with van der Waals surface area (Å²) in [5, 5.41) is 5.86. The van der Waals surface area contributed by atoms with Gasteiger partial charge in [-0.25, -0.2) is 0 Å². The Balaban J connectivity index is 1.80. The Morgan fingerprint density at radius 2 is 1.89 bits per heavy atom. The summed E-state index contributed by atoms with van der Waals surface area (Å²) < 4.78 is 0. The first-order valence-corrected chi connectivity index (χ1v) is 6.45. The van der Waals surface area contributed by atoms with Gasteiger partial charge in [-0.1, -0.05) is 30.3 Å². The molecule has 1 aromatic heterocycles. The second-order valence-corrected chi connectivity index (χ2v) is 4.72. The first kappa shape index (κ1) is 11.7. The molecule has 0 unspecified atom stereocenters. The molecule has 94 valence electrons. The predicted molar refractivity (Wildman–Crippen MR) is 80.2 cm³/mol. The second-order valence-electron chi connectivity index (χ2n) is 4.72. The Hall–Kier alpha value is -2.35. The monoisotopic (exact) mass is 248 g/mol. The summed E-state index contributed by atoms with van der Waals surface area (Å²) in [6.45, 7) is 2.99. The van der Waals surface area contributed by atoms with Gasteiger partial charge in [0.2, 0.25) is 0 Å². The van der Waals surface area contributed by atoms with E-state index >= 15 is 0 Å². The van der Waals surface area contributed by atoms with E-state index in [2.05, 4.69) is 59.7 Å². The third kappa shape index (κ3) is 2.58. The lowest BCUT2D eigenvalue weighted by Gasteiger charge is -2.09. The number of hydrogen-bond acceptors (Lipinski definition) is 2. The molecule has 0 aliphatic rings. The Kier molecular flexibility index (Phi) is 3.15. The molecular formula is C17H16N2. The molecule has 0 saturated carbocycles. The molecule has 0 bridgehead atoms. The topological polar surface area (TPSA) is 24.9 Å². The minimum Gasteiger partial charge on any atom is -0.381 e. The Morgan fingerprint density at radius 3 is 2.79 bits per heavy atom. The lowest BCUT2D eigenvalue weighted by Crippen LogP contribution is -2.00. The van der Waals surface area contributed by atoms with Crippen molar-refractivity contribution in [2.75, 3.05) is 5.32 Å². The molecule has 0 spiro atoms. The van der Waals surface area contributed by atoms with Crippen molar-refractivity contribution in [1.29, 1.82) is 0 Å². The summed E-state index contributed by atoms with van der Waals surface area (Å²) in [4.78, 5) is 4.13. The van der Waals surface area contributed by atoms with Gasteiger partial charge in [0.15, 0.2) is 0 Å². The van der Waals surface area contributed by atoms with Gasteiger partial charge >= 0.3 is 0 Å². The SMILES string of the molecule is Cc1ccccc1CNc1ccc2cnccc2c1. The van der Waals surface area contributed by atoms with Gasteiger partial charge in [-0.2, -0.15) is 0 Å². The molecule has 3 aromatic rings. The Bertz CT molecular complexity index is 704. The average molecular weight is 248 g/mol. The highest BCUT2D eigenvalue weighted by molar-refractivity contribution is 5.84. The largest absolute Gasteiger partial charge is 0.381 e. The van der Waals surface area contributed by atoms with Crippen LogP contribution in [-0.4, -0.2) is 4.98 Å². The van der Waals surface area contributed by atoms with Crippen LogP contribution in [0.2, 0.25) is 0 Å². The summed E-state index contributed by atoms with van der Waals surface area (Å²) in [5.74, 6) is 0. The molecule has 1 N–H and O–H groups in total. The Labute approximate surface area is 113 Å². The van der Waals surface area contributed by atoms with Crippen LogP contribution in [0.3, 0.4) is 0 Å². The third-order valence-electron chi connectivity index (χ3n) is 3.38. The van der Waals surface area contributed by atoms with Crippen molar-refractivity contribution in [2.24, 2.45) is 0 Å². The number of benzene rings is 2. The van der Waals surface area contributed by atoms with Crippen molar-refractivity contribution < 1.29 is 0 Å². The fourth-order valence-electron chi connectivity index (χ4n) is 2.20. The first-order chi connectivity index (χ1) is 9.33. The number of fused-ring (bicyclic) bond motifs is 1. The highest BCUT2D eigenvalue weighted by atomic mass is 14.9. The van der Waals surface area contributed by atoms with Gasteiger partial charge in [-0.3, -0.25) is 4.98 Å². The van der Waals surface area contributed by atoms with Gasteiger partial charge in [0.1, 0.15) is 0 Å². The predicted octanol–water partition coefficient (Wildman–Crippen LogP) is 4.16. The zero-order valence-corrected chi connectivity index (χ0v) is 10.9. The van der Waals surface area contributed by atoms with Crippen molar-refractivity contribution >= 4 is 16.5 Å². The lowest BCUT2D eigenvalue weighted by atomic mass is 10.1. The van der Waals surface area contributed by atoms with E-state index < -0.39 is 0 Å². The molecule has 19 heavy (non-hydrogen) atoms. The van der Waals surface area contributed by atoms with E-state index in [-0.39, 0.29) is 0 Å². The van der Waals surface area contributed by atoms with Crippen molar-refractivity contribution in [3.05, 3.63) is 72.1 Å². The number of aromatic nitrogens is 1. The highest BCUT2D eigenvalue weighted by Crippen LogP contribution is 2.19. The molecule has 0 aliphatic heterocycles. The van der Waals surface area contributed by atoms with Crippen molar-refractivity contribution in [2.45, 2.75) is 13.5 Å². The second kappa shape index (κ2) is 5.11. The maximum Gasteiger partial charge on any atom is 0.0403 e.